The normalized spacial score (nSPS) is 11.6. The van der Waals surface area contributed by atoms with Gasteiger partial charge in [-0.15, -0.1) is 0 Å². The van der Waals surface area contributed by atoms with E-state index in [4.69, 9.17) is 0 Å². The van der Waals surface area contributed by atoms with E-state index < -0.39 is 23.5 Å². The molecule has 0 saturated carbocycles. The van der Waals surface area contributed by atoms with E-state index in [1.54, 1.807) is 0 Å². The molecule has 4 nitrogen and oxygen atoms in total. The molecule has 1 N–H and O–H groups in total. The van der Waals surface area contributed by atoms with Crippen LogP contribution < -0.4 is 5.32 Å². The van der Waals surface area contributed by atoms with Crippen molar-refractivity contribution in [2.75, 3.05) is 5.32 Å². The first-order valence-corrected chi connectivity index (χ1v) is 7.47. The van der Waals surface area contributed by atoms with Crippen LogP contribution in [-0.4, -0.2) is 16.4 Å². The Morgan fingerprint density at radius 3 is 2.27 bits per heavy atom. The van der Waals surface area contributed by atoms with Crippen molar-refractivity contribution in [2.24, 2.45) is 0 Å². The van der Waals surface area contributed by atoms with E-state index in [1.807, 2.05) is 0 Å². The minimum Gasteiger partial charge on any atom is -0.322 e. The van der Waals surface area contributed by atoms with Gasteiger partial charge < -0.3 is 5.32 Å². The van der Waals surface area contributed by atoms with Gasteiger partial charge in [-0.05, 0) is 42.5 Å². The maximum absolute atomic E-state index is 13.5. The summed E-state index contributed by atoms with van der Waals surface area (Å²) >= 11 is 0. The summed E-state index contributed by atoms with van der Waals surface area (Å²) in [6.07, 6.45) is -3.21. The molecule has 0 spiro atoms. The molecule has 3 aromatic rings. The molecule has 0 unspecified atom stereocenters. The number of aromatic nitrogens is 1. The molecule has 8 heteroatoms. The molecule has 0 aliphatic carbocycles. The molecule has 134 valence electrons. The molecule has 0 saturated heterocycles. The fourth-order valence-electron chi connectivity index (χ4n) is 2.58. The quantitative estimate of drug-likeness (QED) is 0.670. The van der Waals surface area contributed by atoms with Gasteiger partial charge in [-0.2, -0.15) is 13.2 Å². The lowest BCUT2D eigenvalue weighted by atomic mass is 10.1. The van der Waals surface area contributed by atoms with Crippen molar-refractivity contribution in [1.29, 1.82) is 0 Å². The average Bonchev–Trinajstić information content (AvgIpc) is 2.93. The van der Waals surface area contributed by atoms with E-state index in [0.29, 0.717) is 5.52 Å². The Balaban J connectivity index is 1.95. The molecular weight excluding hydrogens is 352 g/mol. The highest BCUT2D eigenvalue weighted by Crippen LogP contribution is 2.30. The van der Waals surface area contributed by atoms with Crippen molar-refractivity contribution < 1.29 is 27.2 Å². The van der Waals surface area contributed by atoms with Gasteiger partial charge in [0.25, 0.3) is 5.91 Å². The van der Waals surface area contributed by atoms with E-state index in [1.165, 1.54) is 29.8 Å². The molecule has 1 amide bonds. The predicted molar refractivity (Wildman–Crippen MR) is 87.6 cm³/mol. The third-order valence-corrected chi connectivity index (χ3v) is 3.82. The minimum atomic E-state index is -4.48. The van der Waals surface area contributed by atoms with E-state index in [2.05, 4.69) is 5.32 Å². The van der Waals surface area contributed by atoms with Crippen LogP contribution in [-0.2, 0) is 6.18 Å². The van der Waals surface area contributed by atoms with Gasteiger partial charge in [0.15, 0.2) is 0 Å². The zero-order valence-electron chi connectivity index (χ0n) is 13.4. The second kappa shape index (κ2) is 6.29. The van der Waals surface area contributed by atoms with Crippen LogP contribution in [0.5, 0.6) is 0 Å². The average molecular weight is 364 g/mol. The molecule has 26 heavy (non-hydrogen) atoms. The monoisotopic (exact) mass is 364 g/mol. The second-order valence-corrected chi connectivity index (χ2v) is 5.62. The topological polar surface area (TPSA) is 51.1 Å². The number of hydrogen-bond donors (Lipinski definition) is 1. The number of nitrogens with zero attached hydrogens (tertiary/aromatic N) is 1. The summed E-state index contributed by atoms with van der Waals surface area (Å²) in [4.78, 5) is 24.2. The largest absolute Gasteiger partial charge is 0.416 e. The number of nitrogens with one attached hydrogen (secondary N) is 1. The van der Waals surface area contributed by atoms with Crippen LogP contribution in [0.2, 0.25) is 0 Å². The number of alkyl halides is 3. The molecule has 0 aliphatic heterocycles. The third kappa shape index (κ3) is 3.30. The van der Waals surface area contributed by atoms with Crippen LogP contribution in [0.15, 0.2) is 48.7 Å². The van der Waals surface area contributed by atoms with Crippen LogP contribution in [0, 0.1) is 5.82 Å². The highest BCUT2D eigenvalue weighted by atomic mass is 19.4. The van der Waals surface area contributed by atoms with Crippen molar-refractivity contribution in [3.8, 4) is 0 Å². The SMILES string of the molecule is CC(=O)n1cc(C(=O)Nc2ccc(C(F)(F)F)cc2)c2cc(F)ccc21. The molecule has 0 radical (unpaired) electrons. The van der Waals surface area contributed by atoms with Crippen LogP contribution in [0.1, 0.15) is 27.6 Å². The van der Waals surface area contributed by atoms with E-state index in [9.17, 15) is 27.2 Å². The molecule has 3 rings (SSSR count). The fourth-order valence-corrected chi connectivity index (χ4v) is 2.58. The fraction of sp³-hybridized carbons (Fsp3) is 0.111. The van der Waals surface area contributed by atoms with E-state index in [0.717, 1.165) is 30.3 Å². The second-order valence-electron chi connectivity index (χ2n) is 5.62. The zero-order valence-corrected chi connectivity index (χ0v) is 13.4. The van der Waals surface area contributed by atoms with Gasteiger partial charge in [0.05, 0.1) is 16.6 Å². The van der Waals surface area contributed by atoms with Crippen molar-refractivity contribution in [2.45, 2.75) is 13.1 Å². The minimum absolute atomic E-state index is 0.0367. The highest BCUT2D eigenvalue weighted by molar-refractivity contribution is 6.14. The van der Waals surface area contributed by atoms with Crippen molar-refractivity contribution in [3.05, 3.63) is 65.6 Å². The Morgan fingerprint density at radius 1 is 1.04 bits per heavy atom. The van der Waals surface area contributed by atoms with Gasteiger partial charge in [0.2, 0.25) is 5.91 Å². The molecule has 0 aliphatic rings. The number of carbonyl (C=O) groups excluding carboxylic acids is 2. The number of halogens is 4. The van der Waals surface area contributed by atoms with Gasteiger partial charge >= 0.3 is 6.18 Å². The van der Waals surface area contributed by atoms with Crippen LogP contribution in [0.25, 0.3) is 10.9 Å². The molecule has 0 fully saturated rings. The summed E-state index contributed by atoms with van der Waals surface area (Å²) in [5, 5.41) is 2.67. The predicted octanol–water partition coefficient (Wildman–Crippen LogP) is 4.71. The number of hydrogen-bond acceptors (Lipinski definition) is 2. The van der Waals surface area contributed by atoms with E-state index in [-0.39, 0.29) is 22.5 Å². The van der Waals surface area contributed by atoms with Gasteiger partial charge in [0, 0.05) is 24.2 Å². The zero-order chi connectivity index (χ0) is 19.1. The third-order valence-electron chi connectivity index (χ3n) is 3.82. The van der Waals surface area contributed by atoms with Crippen molar-refractivity contribution >= 4 is 28.4 Å². The first-order chi connectivity index (χ1) is 12.2. The lowest BCUT2D eigenvalue weighted by molar-refractivity contribution is -0.137. The molecular formula is C18H12F4N2O2. The Labute approximate surface area is 145 Å². The van der Waals surface area contributed by atoms with Crippen molar-refractivity contribution in [3.63, 3.8) is 0 Å². The van der Waals surface area contributed by atoms with Gasteiger partial charge in [-0.1, -0.05) is 0 Å². The van der Waals surface area contributed by atoms with Crippen LogP contribution in [0.3, 0.4) is 0 Å². The maximum atomic E-state index is 13.5. The summed E-state index contributed by atoms with van der Waals surface area (Å²) in [7, 11) is 0. The van der Waals surface area contributed by atoms with E-state index >= 15 is 0 Å². The number of carbonyl (C=O) groups is 2. The number of rotatable bonds is 2. The molecule has 1 aromatic heterocycles. The molecule has 1 heterocycles. The standard InChI is InChI=1S/C18H12F4N2O2/c1-10(25)24-9-15(14-8-12(19)4-7-16(14)24)17(26)23-13-5-2-11(3-6-13)18(20,21)22/h2-9H,1H3,(H,23,26). The van der Waals surface area contributed by atoms with Crippen molar-refractivity contribution in [1.82, 2.24) is 4.57 Å². The first-order valence-electron chi connectivity index (χ1n) is 7.47. The number of fused-ring (bicyclic) bond motifs is 1. The number of anilines is 1. The lowest BCUT2D eigenvalue weighted by Gasteiger charge is -2.08. The van der Waals surface area contributed by atoms with Crippen LogP contribution in [0.4, 0.5) is 23.2 Å². The Kier molecular flexibility index (Phi) is 4.27. The summed E-state index contributed by atoms with van der Waals surface area (Å²) < 4.78 is 52.5. The van der Waals surface area contributed by atoms with Gasteiger partial charge in [-0.25, -0.2) is 4.39 Å². The van der Waals surface area contributed by atoms with Gasteiger partial charge in [-0.3, -0.25) is 14.2 Å². The summed E-state index contributed by atoms with van der Waals surface area (Å²) in [5.74, 6) is -1.61. The molecule has 0 atom stereocenters. The summed E-state index contributed by atoms with van der Waals surface area (Å²) in [6.45, 7) is 1.29. The highest BCUT2D eigenvalue weighted by Gasteiger charge is 2.30. The van der Waals surface area contributed by atoms with Crippen LogP contribution >= 0.6 is 0 Å². The molecule has 2 aromatic carbocycles. The Hall–Kier alpha value is -3.16. The maximum Gasteiger partial charge on any atom is 0.416 e. The van der Waals surface area contributed by atoms with Gasteiger partial charge in [0.1, 0.15) is 5.82 Å². The number of benzene rings is 2. The Morgan fingerprint density at radius 2 is 1.69 bits per heavy atom. The molecule has 0 bridgehead atoms. The first kappa shape index (κ1) is 17.7. The lowest BCUT2D eigenvalue weighted by Crippen LogP contribution is -2.12. The Bertz CT molecular complexity index is 1000. The number of amides is 1. The smallest absolute Gasteiger partial charge is 0.322 e. The summed E-state index contributed by atoms with van der Waals surface area (Å²) in [6, 6.07) is 7.58. The summed E-state index contributed by atoms with van der Waals surface area (Å²) in [5.41, 5.74) is -0.306.